The van der Waals surface area contributed by atoms with E-state index in [9.17, 15) is 18.0 Å². The summed E-state index contributed by atoms with van der Waals surface area (Å²) in [4.78, 5) is 39.4. The van der Waals surface area contributed by atoms with Gasteiger partial charge in [0.05, 0.1) is 22.6 Å². The lowest BCUT2D eigenvalue weighted by Crippen LogP contribution is -2.33. The number of benzene rings is 2. The summed E-state index contributed by atoms with van der Waals surface area (Å²) in [5.41, 5.74) is 7.04. The molecule has 3 N–H and O–H groups in total. The maximum Gasteiger partial charge on any atom is 0.274 e. The highest BCUT2D eigenvalue weighted by molar-refractivity contribution is 7.92. The molecule has 1 atom stereocenters. The van der Waals surface area contributed by atoms with Crippen LogP contribution in [-0.2, 0) is 9.84 Å². The molecule has 3 heterocycles. The first-order valence-corrected chi connectivity index (χ1v) is 14.7. The van der Waals surface area contributed by atoms with E-state index in [1.165, 1.54) is 16.1 Å². The molecule has 0 saturated heterocycles. The number of hydrogen-bond donors (Lipinski definition) is 2. The number of anilines is 1. The lowest BCUT2D eigenvalue weighted by Gasteiger charge is -2.21. The van der Waals surface area contributed by atoms with E-state index in [-0.39, 0.29) is 32.8 Å². The van der Waals surface area contributed by atoms with Gasteiger partial charge in [-0.15, -0.1) is 11.3 Å². The Morgan fingerprint density at radius 2 is 1.85 bits per heavy atom. The number of pyridine rings is 1. The van der Waals surface area contributed by atoms with Gasteiger partial charge in [0.1, 0.15) is 11.4 Å². The number of nitrogen functional groups attached to an aromatic ring is 1. The van der Waals surface area contributed by atoms with Crippen molar-refractivity contribution >= 4 is 55.3 Å². The molecule has 0 fully saturated rings. The van der Waals surface area contributed by atoms with Gasteiger partial charge in [0.25, 0.3) is 11.5 Å². The molecule has 0 aliphatic carbocycles. The maximum atomic E-state index is 13.6. The smallest absolute Gasteiger partial charge is 0.274 e. The van der Waals surface area contributed by atoms with Crippen molar-refractivity contribution < 1.29 is 13.2 Å². The monoisotopic (exact) mass is 580 g/mol. The van der Waals surface area contributed by atoms with E-state index < -0.39 is 21.8 Å². The SMILES string of the molecule is C[C@H](NC(=O)c1nc(-c2csc(S(C)(=O)=O)n2)cnc1N)c1cc2cccc(Cl)c2c(=O)n1-c1ccccc1. The van der Waals surface area contributed by atoms with Gasteiger partial charge >= 0.3 is 0 Å². The van der Waals surface area contributed by atoms with Gasteiger partial charge in [0.2, 0.25) is 14.2 Å². The third kappa shape index (κ3) is 5.13. The summed E-state index contributed by atoms with van der Waals surface area (Å²) in [6, 6.07) is 15.3. The molecule has 10 nitrogen and oxygen atoms in total. The normalized spacial score (nSPS) is 12.4. The van der Waals surface area contributed by atoms with Gasteiger partial charge in [-0.05, 0) is 36.6 Å². The molecule has 198 valence electrons. The fraction of sp³-hybridized carbons (Fsp3) is 0.115. The predicted octanol–water partition coefficient (Wildman–Crippen LogP) is 4.03. The Hall–Kier alpha value is -4.13. The first kappa shape index (κ1) is 26.5. The van der Waals surface area contributed by atoms with Crippen molar-refractivity contribution in [2.75, 3.05) is 12.0 Å². The Kier molecular flexibility index (Phi) is 6.93. The van der Waals surface area contributed by atoms with Crippen molar-refractivity contribution in [2.24, 2.45) is 0 Å². The predicted molar refractivity (Wildman–Crippen MR) is 151 cm³/mol. The zero-order valence-electron chi connectivity index (χ0n) is 20.6. The highest BCUT2D eigenvalue weighted by atomic mass is 35.5. The lowest BCUT2D eigenvalue weighted by molar-refractivity contribution is 0.0934. The van der Waals surface area contributed by atoms with Crippen LogP contribution in [0.25, 0.3) is 27.8 Å². The van der Waals surface area contributed by atoms with Crippen LogP contribution in [0.4, 0.5) is 5.82 Å². The van der Waals surface area contributed by atoms with E-state index in [2.05, 4.69) is 20.3 Å². The molecule has 39 heavy (non-hydrogen) atoms. The number of para-hydroxylation sites is 1. The average molecular weight is 581 g/mol. The van der Waals surface area contributed by atoms with Crippen LogP contribution in [0, 0.1) is 0 Å². The molecule has 3 aromatic heterocycles. The number of nitrogens with zero attached hydrogens (tertiary/aromatic N) is 4. The van der Waals surface area contributed by atoms with E-state index in [1.807, 2.05) is 6.07 Å². The summed E-state index contributed by atoms with van der Waals surface area (Å²) >= 11 is 7.32. The van der Waals surface area contributed by atoms with Crippen LogP contribution in [0.15, 0.2) is 75.3 Å². The number of hydrogen-bond acceptors (Lipinski definition) is 9. The Morgan fingerprint density at radius 1 is 1.10 bits per heavy atom. The minimum absolute atomic E-state index is 0.0777. The van der Waals surface area contributed by atoms with Crippen LogP contribution in [0.5, 0.6) is 0 Å². The zero-order chi connectivity index (χ0) is 27.9. The number of carbonyl (C=O) groups excluding carboxylic acids is 1. The number of amides is 1. The Balaban J connectivity index is 1.54. The Morgan fingerprint density at radius 3 is 2.54 bits per heavy atom. The first-order valence-electron chi connectivity index (χ1n) is 11.5. The second-order valence-electron chi connectivity index (χ2n) is 8.70. The first-order chi connectivity index (χ1) is 18.5. The van der Waals surface area contributed by atoms with Crippen molar-refractivity contribution in [3.63, 3.8) is 0 Å². The van der Waals surface area contributed by atoms with E-state index in [0.717, 1.165) is 17.6 Å². The molecule has 2 aromatic carbocycles. The quantitative estimate of drug-likeness (QED) is 0.305. The second kappa shape index (κ2) is 10.2. The van der Waals surface area contributed by atoms with E-state index in [1.54, 1.807) is 55.5 Å². The van der Waals surface area contributed by atoms with Gasteiger partial charge in [-0.25, -0.2) is 23.4 Å². The molecule has 0 unspecified atom stereocenters. The highest BCUT2D eigenvalue weighted by Crippen LogP contribution is 2.27. The van der Waals surface area contributed by atoms with Crippen molar-refractivity contribution in [1.29, 1.82) is 0 Å². The number of carbonyl (C=O) groups is 1. The number of nitrogens with one attached hydrogen (secondary N) is 1. The molecule has 1 amide bonds. The summed E-state index contributed by atoms with van der Waals surface area (Å²) < 4.78 is 25.1. The van der Waals surface area contributed by atoms with Gasteiger partial charge in [-0.2, -0.15) is 0 Å². The molecular weight excluding hydrogens is 560 g/mol. The van der Waals surface area contributed by atoms with Crippen LogP contribution < -0.4 is 16.6 Å². The number of rotatable bonds is 6. The van der Waals surface area contributed by atoms with Crippen molar-refractivity contribution in [3.8, 4) is 17.1 Å². The van der Waals surface area contributed by atoms with Gasteiger partial charge < -0.3 is 11.1 Å². The Bertz CT molecular complexity index is 1910. The molecule has 0 spiro atoms. The average Bonchev–Trinajstić information content (AvgIpc) is 3.40. The zero-order valence-corrected chi connectivity index (χ0v) is 23.0. The van der Waals surface area contributed by atoms with E-state index in [0.29, 0.717) is 27.2 Å². The number of thiazole rings is 1. The standard InChI is InChI=1S/C26H21ClN6O4S2/c1-14(20-11-15-7-6-10-17(27)21(15)25(35)33(20)16-8-4-3-5-9-16)30-24(34)22-23(28)29-12-18(31-22)19-13-38-26(32-19)39(2,36)37/h3-14H,1-2H3,(H2,28,29)(H,30,34)/t14-/m0/s1. The number of nitrogens with two attached hydrogens (primary N) is 1. The maximum absolute atomic E-state index is 13.6. The van der Waals surface area contributed by atoms with Gasteiger partial charge in [-0.1, -0.05) is 41.9 Å². The summed E-state index contributed by atoms with van der Waals surface area (Å²) in [7, 11) is -3.50. The van der Waals surface area contributed by atoms with E-state index >= 15 is 0 Å². The van der Waals surface area contributed by atoms with Gasteiger partial charge in [0, 0.05) is 23.0 Å². The van der Waals surface area contributed by atoms with Crippen molar-refractivity contribution in [1.82, 2.24) is 24.8 Å². The van der Waals surface area contributed by atoms with E-state index in [4.69, 9.17) is 17.3 Å². The molecule has 0 aliphatic rings. The molecule has 5 rings (SSSR count). The number of sulfone groups is 1. The topological polar surface area (TPSA) is 150 Å². The minimum Gasteiger partial charge on any atom is -0.382 e. The molecule has 0 aliphatic heterocycles. The summed E-state index contributed by atoms with van der Waals surface area (Å²) in [5.74, 6) is -0.751. The van der Waals surface area contributed by atoms with Crippen molar-refractivity contribution in [2.45, 2.75) is 17.3 Å². The molecule has 0 saturated carbocycles. The number of aromatic nitrogens is 4. The fourth-order valence-corrected chi connectivity index (χ4v) is 5.98. The molecule has 13 heteroatoms. The largest absolute Gasteiger partial charge is 0.382 e. The molecule has 0 bridgehead atoms. The minimum atomic E-state index is -3.50. The second-order valence-corrected chi connectivity index (χ2v) is 12.2. The van der Waals surface area contributed by atoms with Gasteiger partial charge in [-0.3, -0.25) is 14.2 Å². The van der Waals surface area contributed by atoms with Crippen LogP contribution in [0.1, 0.15) is 29.1 Å². The summed E-state index contributed by atoms with van der Waals surface area (Å²) in [5, 5.41) is 5.68. The van der Waals surface area contributed by atoms with Gasteiger partial charge in [0.15, 0.2) is 11.5 Å². The third-order valence-electron chi connectivity index (χ3n) is 5.91. The lowest BCUT2D eigenvalue weighted by atomic mass is 10.1. The van der Waals surface area contributed by atoms with Crippen LogP contribution in [-0.4, -0.2) is 40.1 Å². The summed E-state index contributed by atoms with van der Waals surface area (Å²) in [6.45, 7) is 1.73. The van der Waals surface area contributed by atoms with Crippen LogP contribution >= 0.6 is 22.9 Å². The summed E-state index contributed by atoms with van der Waals surface area (Å²) in [6.07, 6.45) is 2.37. The number of fused-ring (bicyclic) bond motifs is 1. The molecular formula is C26H21ClN6O4S2. The van der Waals surface area contributed by atoms with Crippen LogP contribution in [0.3, 0.4) is 0 Å². The third-order valence-corrected chi connectivity index (χ3v) is 8.78. The Labute approximate surface area is 232 Å². The fourth-order valence-electron chi connectivity index (χ4n) is 4.07. The van der Waals surface area contributed by atoms with Crippen molar-refractivity contribution in [3.05, 3.63) is 92.9 Å². The number of halogens is 1. The highest BCUT2D eigenvalue weighted by Gasteiger charge is 2.23. The van der Waals surface area contributed by atoms with Crippen LogP contribution in [0.2, 0.25) is 5.02 Å². The molecule has 5 aromatic rings. The molecule has 0 radical (unpaired) electrons.